The lowest BCUT2D eigenvalue weighted by atomic mass is 9.64. The predicted molar refractivity (Wildman–Crippen MR) is 90.7 cm³/mol. The highest BCUT2D eigenvalue weighted by atomic mass is 16.2. The van der Waals surface area contributed by atoms with E-state index in [9.17, 15) is 4.79 Å². The van der Waals surface area contributed by atoms with Crippen LogP contribution in [0.5, 0.6) is 0 Å². The third kappa shape index (κ3) is 2.47. The van der Waals surface area contributed by atoms with E-state index in [1.807, 2.05) is 0 Å². The molecule has 0 bridgehead atoms. The van der Waals surface area contributed by atoms with E-state index in [4.69, 9.17) is 0 Å². The van der Waals surface area contributed by atoms with E-state index in [1.165, 1.54) is 12.0 Å². The second-order valence-electron chi connectivity index (χ2n) is 7.88. The number of carbonyl (C=O) groups is 1. The largest absolute Gasteiger partial charge is 0.342 e. The molecule has 0 unspecified atom stereocenters. The van der Waals surface area contributed by atoms with Crippen molar-refractivity contribution in [1.29, 1.82) is 0 Å². The van der Waals surface area contributed by atoms with E-state index in [1.54, 1.807) is 0 Å². The Morgan fingerprint density at radius 1 is 1.05 bits per heavy atom. The van der Waals surface area contributed by atoms with Crippen molar-refractivity contribution in [2.24, 2.45) is 11.3 Å². The molecular formula is C20H29NO. The maximum atomic E-state index is 12.7. The third-order valence-electron chi connectivity index (χ3n) is 6.37. The molecule has 2 heteroatoms. The summed E-state index contributed by atoms with van der Waals surface area (Å²) in [6, 6.07) is 10.9. The number of amides is 1. The fourth-order valence-corrected chi connectivity index (χ4v) is 4.38. The summed E-state index contributed by atoms with van der Waals surface area (Å²) in [7, 11) is 0. The van der Waals surface area contributed by atoms with E-state index in [0.717, 1.165) is 38.8 Å². The van der Waals surface area contributed by atoms with Gasteiger partial charge in [0.25, 0.3) is 0 Å². The Morgan fingerprint density at radius 2 is 1.64 bits per heavy atom. The molecule has 2 nitrogen and oxygen atoms in total. The monoisotopic (exact) mass is 299 g/mol. The van der Waals surface area contributed by atoms with E-state index in [0.29, 0.717) is 11.8 Å². The summed E-state index contributed by atoms with van der Waals surface area (Å²) in [4.78, 5) is 14.9. The smallest absolute Gasteiger partial charge is 0.228 e. The summed E-state index contributed by atoms with van der Waals surface area (Å²) in [6.45, 7) is 8.65. The average molecular weight is 299 g/mol. The normalized spacial score (nSPS) is 23.2. The van der Waals surface area contributed by atoms with Crippen molar-refractivity contribution < 1.29 is 4.79 Å². The summed E-state index contributed by atoms with van der Waals surface area (Å²) in [5, 5.41) is 0. The highest BCUT2D eigenvalue weighted by molar-refractivity contribution is 5.83. The minimum absolute atomic E-state index is 0.0510. The molecule has 0 atom stereocenters. The van der Waals surface area contributed by atoms with Gasteiger partial charge >= 0.3 is 0 Å². The number of likely N-dealkylation sites (tertiary alicyclic amines) is 1. The second kappa shape index (κ2) is 5.72. The quantitative estimate of drug-likeness (QED) is 0.810. The predicted octanol–water partition coefficient (Wildman–Crippen LogP) is 4.39. The Morgan fingerprint density at radius 3 is 2.09 bits per heavy atom. The first kappa shape index (κ1) is 15.6. The van der Waals surface area contributed by atoms with Gasteiger partial charge in [0.05, 0.1) is 0 Å². The molecule has 1 saturated carbocycles. The van der Waals surface area contributed by atoms with Crippen LogP contribution >= 0.6 is 0 Å². The van der Waals surface area contributed by atoms with Gasteiger partial charge in [0.2, 0.25) is 5.91 Å². The number of carbonyl (C=O) groups excluding carboxylic acids is 1. The highest BCUT2D eigenvalue weighted by Crippen LogP contribution is 2.45. The molecule has 1 heterocycles. The molecule has 1 aromatic carbocycles. The van der Waals surface area contributed by atoms with Gasteiger partial charge in [-0.1, -0.05) is 57.5 Å². The molecule has 1 aliphatic carbocycles. The minimum atomic E-state index is -0.0510. The van der Waals surface area contributed by atoms with E-state index >= 15 is 0 Å². The lowest BCUT2D eigenvalue weighted by molar-refractivity contribution is -0.148. The van der Waals surface area contributed by atoms with Crippen LogP contribution in [0.3, 0.4) is 0 Å². The van der Waals surface area contributed by atoms with Crippen LogP contribution in [0.2, 0.25) is 0 Å². The molecular weight excluding hydrogens is 270 g/mol. The topological polar surface area (TPSA) is 20.3 Å². The number of rotatable bonds is 3. The van der Waals surface area contributed by atoms with Crippen LogP contribution in [0.4, 0.5) is 0 Å². The van der Waals surface area contributed by atoms with Crippen molar-refractivity contribution in [2.75, 3.05) is 13.1 Å². The van der Waals surface area contributed by atoms with Crippen molar-refractivity contribution >= 4 is 5.91 Å². The molecule has 1 aromatic rings. The second-order valence-corrected chi connectivity index (χ2v) is 7.88. The molecule has 0 spiro atoms. The molecule has 0 aromatic heterocycles. The molecule has 22 heavy (non-hydrogen) atoms. The van der Waals surface area contributed by atoms with Crippen LogP contribution in [-0.2, 0) is 10.2 Å². The first-order chi connectivity index (χ1) is 10.5. The Labute approximate surface area is 134 Å². The average Bonchev–Trinajstić information content (AvgIpc) is 2.52. The van der Waals surface area contributed by atoms with Crippen LogP contribution in [-0.4, -0.2) is 23.9 Å². The fraction of sp³-hybridized carbons (Fsp3) is 0.650. The van der Waals surface area contributed by atoms with E-state index < -0.39 is 0 Å². The van der Waals surface area contributed by atoms with Crippen LogP contribution in [0.1, 0.15) is 58.4 Å². The van der Waals surface area contributed by atoms with Crippen molar-refractivity contribution in [3.63, 3.8) is 0 Å². The zero-order valence-electron chi connectivity index (χ0n) is 14.3. The first-order valence-electron chi connectivity index (χ1n) is 8.83. The maximum absolute atomic E-state index is 12.7. The molecule has 120 valence electrons. The van der Waals surface area contributed by atoms with E-state index in [-0.39, 0.29) is 10.8 Å². The Hall–Kier alpha value is -1.31. The zero-order chi connectivity index (χ0) is 15.8. The minimum Gasteiger partial charge on any atom is -0.342 e. The Bertz CT molecular complexity index is 522. The summed E-state index contributed by atoms with van der Waals surface area (Å²) in [5.74, 6) is 1.01. The van der Waals surface area contributed by atoms with Crippen LogP contribution in [0, 0.1) is 11.3 Å². The molecule has 1 aliphatic heterocycles. The van der Waals surface area contributed by atoms with Gasteiger partial charge in [0.15, 0.2) is 0 Å². The lowest BCUT2D eigenvalue weighted by Crippen LogP contribution is -2.52. The van der Waals surface area contributed by atoms with Gasteiger partial charge in [-0.3, -0.25) is 4.79 Å². The molecule has 2 fully saturated rings. The van der Waals surface area contributed by atoms with Crippen LogP contribution < -0.4 is 0 Å². The molecule has 1 amide bonds. The van der Waals surface area contributed by atoms with Crippen molar-refractivity contribution in [3.05, 3.63) is 35.9 Å². The molecule has 2 aliphatic rings. The van der Waals surface area contributed by atoms with Crippen LogP contribution in [0.25, 0.3) is 0 Å². The lowest BCUT2D eigenvalue weighted by Gasteiger charge is -2.48. The van der Waals surface area contributed by atoms with E-state index in [2.05, 4.69) is 56.0 Å². The number of hydrogen-bond donors (Lipinski definition) is 0. The summed E-state index contributed by atoms with van der Waals surface area (Å²) >= 11 is 0. The van der Waals surface area contributed by atoms with Gasteiger partial charge in [-0.05, 0) is 37.2 Å². The Balaban J connectivity index is 1.75. The molecule has 0 radical (unpaired) electrons. The van der Waals surface area contributed by atoms with Crippen molar-refractivity contribution in [3.8, 4) is 0 Å². The van der Waals surface area contributed by atoms with Gasteiger partial charge in [0, 0.05) is 23.9 Å². The summed E-state index contributed by atoms with van der Waals surface area (Å²) in [6.07, 6.45) is 5.57. The van der Waals surface area contributed by atoms with Crippen LogP contribution in [0.15, 0.2) is 30.3 Å². The molecule has 3 rings (SSSR count). The van der Waals surface area contributed by atoms with Gasteiger partial charge in [0.1, 0.15) is 0 Å². The maximum Gasteiger partial charge on any atom is 0.228 e. The number of benzene rings is 1. The number of nitrogens with zero attached hydrogens (tertiary/aromatic N) is 1. The van der Waals surface area contributed by atoms with Crippen molar-refractivity contribution in [2.45, 2.75) is 58.3 Å². The SMILES string of the molecule is CC(C)C1(c2ccccc2)CCN(C(=O)C2(C)CCC2)CC1. The third-order valence-corrected chi connectivity index (χ3v) is 6.37. The van der Waals surface area contributed by atoms with Gasteiger partial charge in [-0.2, -0.15) is 0 Å². The van der Waals surface area contributed by atoms with Crippen molar-refractivity contribution in [1.82, 2.24) is 4.90 Å². The first-order valence-corrected chi connectivity index (χ1v) is 8.83. The van der Waals surface area contributed by atoms with Gasteiger partial charge in [-0.25, -0.2) is 0 Å². The van der Waals surface area contributed by atoms with Gasteiger partial charge < -0.3 is 4.90 Å². The number of piperidine rings is 1. The standard InChI is InChI=1S/C20H29NO/c1-16(2)20(17-8-5-4-6-9-17)12-14-21(15-13-20)18(22)19(3)10-7-11-19/h4-6,8-9,16H,7,10-15H2,1-3H3. The molecule has 0 N–H and O–H groups in total. The number of hydrogen-bond acceptors (Lipinski definition) is 1. The highest BCUT2D eigenvalue weighted by Gasteiger charge is 2.45. The van der Waals surface area contributed by atoms with Gasteiger partial charge in [-0.15, -0.1) is 0 Å². The summed E-state index contributed by atoms with van der Waals surface area (Å²) < 4.78 is 0. The zero-order valence-corrected chi connectivity index (χ0v) is 14.3. The molecule has 1 saturated heterocycles. The Kier molecular flexibility index (Phi) is 4.05. The fourth-order valence-electron chi connectivity index (χ4n) is 4.38. The summed E-state index contributed by atoms with van der Waals surface area (Å²) in [5.41, 5.74) is 1.63.